The molecular formula is C6H3O6-3. The smallest absolute Gasteiger partial charge is 0.0679 e. The molecule has 66 valence electrons. The molecule has 0 fully saturated rings. The number of carbonyl (C=O) groups excluding carboxylic acids is 3. The molecule has 0 rings (SSSR count). The number of hydrogen-bond donors (Lipinski definition) is 0. The highest BCUT2D eigenvalue weighted by atomic mass is 16.4. The highest BCUT2D eigenvalue weighted by molar-refractivity contribution is 5.96. The summed E-state index contributed by atoms with van der Waals surface area (Å²) < 4.78 is 0. The molecule has 0 saturated heterocycles. The van der Waals surface area contributed by atoms with E-state index in [0.717, 1.165) is 0 Å². The lowest BCUT2D eigenvalue weighted by Crippen LogP contribution is -2.32. The van der Waals surface area contributed by atoms with Crippen molar-refractivity contribution >= 4 is 17.9 Å². The predicted octanol–water partition coefficient (Wildman–Crippen LogP) is -4.45. The van der Waals surface area contributed by atoms with Crippen molar-refractivity contribution in [2.45, 2.75) is 6.42 Å². The minimum absolute atomic E-state index is 0.144. The van der Waals surface area contributed by atoms with Gasteiger partial charge in [-0.15, -0.1) is 0 Å². The fourth-order valence-corrected chi connectivity index (χ4v) is 0.480. The molecule has 0 N–H and O–H groups in total. The number of carbonyl (C=O) groups is 3. The molecular weight excluding hydrogens is 168 g/mol. The van der Waals surface area contributed by atoms with Gasteiger partial charge in [0, 0.05) is 12.4 Å². The van der Waals surface area contributed by atoms with Crippen LogP contribution in [0.2, 0.25) is 0 Å². The molecule has 0 atom stereocenters. The Balaban J connectivity index is 4.55. The van der Waals surface area contributed by atoms with Gasteiger partial charge in [-0.3, -0.25) is 0 Å². The van der Waals surface area contributed by atoms with Gasteiger partial charge in [0.05, 0.1) is 11.9 Å². The van der Waals surface area contributed by atoms with Gasteiger partial charge in [-0.1, -0.05) is 0 Å². The maximum atomic E-state index is 10.0. The van der Waals surface area contributed by atoms with Crippen LogP contribution in [0.3, 0.4) is 0 Å². The van der Waals surface area contributed by atoms with Gasteiger partial charge in [0.25, 0.3) is 0 Å². The number of carboxylic acids is 3. The van der Waals surface area contributed by atoms with Crippen LogP contribution < -0.4 is 15.3 Å². The molecule has 12 heavy (non-hydrogen) atoms. The second-order valence-corrected chi connectivity index (χ2v) is 1.82. The average Bonchev–Trinajstić information content (AvgIpc) is 1.83. The van der Waals surface area contributed by atoms with E-state index in [9.17, 15) is 29.7 Å². The van der Waals surface area contributed by atoms with Gasteiger partial charge in [0.1, 0.15) is 0 Å². The van der Waals surface area contributed by atoms with Gasteiger partial charge >= 0.3 is 0 Å². The molecule has 0 aliphatic rings. The lowest BCUT2D eigenvalue weighted by molar-refractivity contribution is -0.310. The monoisotopic (exact) mass is 171 g/mol. The third kappa shape index (κ3) is 4.04. The molecule has 0 amide bonds. The van der Waals surface area contributed by atoms with Crippen molar-refractivity contribution in [3.63, 3.8) is 0 Å². The minimum atomic E-state index is -1.87. The summed E-state index contributed by atoms with van der Waals surface area (Å²) in [5.41, 5.74) is -0.894. The van der Waals surface area contributed by atoms with Crippen molar-refractivity contribution in [1.82, 2.24) is 0 Å². The zero-order valence-electron chi connectivity index (χ0n) is 5.73. The summed E-state index contributed by atoms with van der Waals surface area (Å²) in [6.45, 7) is 0. The van der Waals surface area contributed by atoms with Crippen molar-refractivity contribution in [3.05, 3.63) is 11.6 Å². The van der Waals surface area contributed by atoms with Crippen LogP contribution in [0, 0.1) is 0 Å². The third-order valence-electron chi connectivity index (χ3n) is 0.889. The lowest BCUT2D eigenvalue weighted by Gasteiger charge is -2.09. The highest BCUT2D eigenvalue weighted by Gasteiger charge is 1.98. The van der Waals surface area contributed by atoms with Gasteiger partial charge < -0.3 is 29.7 Å². The van der Waals surface area contributed by atoms with E-state index >= 15 is 0 Å². The van der Waals surface area contributed by atoms with Crippen molar-refractivity contribution in [3.8, 4) is 0 Å². The van der Waals surface area contributed by atoms with Crippen LogP contribution >= 0.6 is 0 Å². The van der Waals surface area contributed by atoms with Crippen LogP contribution in [-0.2, 0) is 14.4 Å². The van der Waals surface area contributed by atoms with Crippen LogP contribution in [0.25, 0.3) is 0 Å². The summed E-state index contributed by atoms with van der Waals surface area (Å²) in [7, 11) is 0. The average molecular weight is 171 g/mol. The Morgan fingerprint density at radius 2 is 1.58 bits per heavy atom. The first kappa shape index (κ1) is 10.2. The van der Waals surface area contributed by atoms with E-state index < -0.39 is 29.9 Å². The second kappa shape index (κ2) is 4.12. The molecule has 0 aliphatic heterocycles. The van der Waals surface area contributed by atoms with E-state index in [0.29, 0.717) is 0 Å². The summed E-state index contributed by atoms with van der Waals surface area (Å²) in [6, 6.07) is 0. The summed E-state index contributed by atoms with van der Waals surface area (Å²) >= 11 is 0. The summed E-state index contributed by atoms with van der Waals surface area (Å²) in [6.07, 6.45) is -0.874. The molecule has 6 heteroatoms. The Morgan fingerprint density at radius 1 is 1.08 bits per heavy atom. The molecule has 0 spiro atoms. The number of aliphatic carboxylic acids is 3. The Hall–Kier alpha value is -1.85. The first-order chi connectivity index (χ1) is 5.43. The van der Waals surface area contributed by atoms with Crippen LogP contribution in [0.1, 0.15) is 6.42 Å². The number of carboxylic acid groups (broad SMARTS) is 3. The third-order valence-corrected chi connectivity index (χ3v) is 0.889. The Morgan fingerprint density at radius 3 is 1.83 bits per heavy atom. The van der Waals surface area contributed by atoms with Gasteiger partial charge in [-0.25, -0.2) is 0 Å². The van der Waals surface area contributed by atoms with E-state index in [1.54, 1.807) is 0 Å². The number of rotatable bonds is 4. The molecule has 0 heterocycles. The summed E-state index contributed by atoms with van der Waals surface area (Å²) in [4.78, 5) is 29.7. The van der Waals surface area contributed by atoms with Gasteiger partial charge in [-0.05, 0) is 11.6 Å². The molecule has 0 unspecified atom stereocenters. The first-order valence-corrected chi connectivity index (χ1v) is 2.76. The summed E-state index contributed by atoms with van der Waals surface area (Å²) in [5, 5.41) is 29.7. The molecule has 0 saturated carbocycles. The van der Waals surface area contributed by atoms with Gasteiger partial charge in [0.15, 0.2) is 0 Å². The fraction of sp³-hybridized carbons (Fsp3) is 0.167. The van der Waals surface area contributed by atoms with E-state index in [1.165, 1.54) is 0 Å². The normalized spacial score (nSPS) is 10.8. The van der Waals surface area contributed by atoms with Crippen molar-refractivity contribution in [1.29, 1.82) is 0 Å². The van der Waals surface area contributed by atoms with Gasteiger partial charge in [-0.2, -0.15) is 0 Å². The van der Waals surface area contributed by atoms with Crippen molar-refractivity contribution in [2.75, 3.05) is 0 Å². The molecule has 0 aromatic rings. The Bertz CT molecular complexity index is 251. The fourth-order valence-electron chi connectivity index (χ4n) is 0.480. The molecule has 6 nitrogen and oxygen atoms in total. The van der Waals surface area contributed by atoms with E-state index in [2.05, 4.69) is 0 Å². The summed E-state index contributed by atoms with van der Waals surface area (Å²) in [5.74, 6) is -5.37. The Labute approximate surface area is 66.7 Å². The lowest BCUT2D eigenvalue weighted by atomic mass is 10.2. The van der Waals surface area contributed by atoms with E-state index in [-0.39, 0.29) is 6.08 Å². The van der Waals surface area contributed by atoms with Crippen LogP contribution in [-0.4, -0.2) is 17.9 Å². The molecule has 0 aromatic heterocycles. The first-order valence-electron chi connectivity index (χ1n) is 2.76. The zero-order chi connectivity index (χ0) is 9.72. The van der Waals surface area contributed by atoms with E-state index in [4.69, 9.17) is 0 Å². The molecule has 0 radical (unpaired) electrons. The van der Waals surface area contributed by atoms with Crippen molar-refractivity contribution in [2.24, 2.45) is 0 Å². The maximum absolute atomic E-state index is 10.0. The SMILES string of the molecule is O=C([O-])/C=C(/CC(=O)[O-])C(=O)[O-]. The van der Waals surface area contributed by atoms with Gasteiger partial charge in [0.2, 0.25) is 0 Å². The van der Waals surface area contributed by atoms with Crippen molar-refractivity contribution < 1.29 is 29.7 Å². The van der Waals surface area contributed by atoms with Crippen LogP contribution in [0.5, 0.6) is 0 Å². The largest absolute Gasteiger partial charge is 0.550 e. The minimum Gasteiger partial charge on any atom is -0.550 e. The molecule has 0 bridgehead atoms. The standard InChI is InChI=1S/C6H6O6/c7-4(8)1-3(6(11)12)2-5(9)10/h1H,2H2,(H,7,8)(H,9,10)(H,11,12)/p-3/b3-1-. The Kier molecular flexibility index (Phi) is 3.48. The molecule has 0 aromatic carbocycles. The second-order valence-electron chi connectivity index (χ2n) is 1.82. The highest BCUT2D eigenvalue weighted by Crippen LogP contribution is 1.97. The maximum Gasteiger partial charge on any atom is 0.0679 e. The van der Waals surface area contributed by atoms with Crippen LogP contribution in [0.4, 0.5) is 0 Å². The van der Waals surface area contributed by atoms with E-state index in [1.807, 2.05) is 0 Å². The predicted molar refractivity (Wildman–Crippen MR) is 27.7 cm³/mol. The molecule has 0 aliphatic carbocycles. The van der Waals surface area contributed by atoms with Crippen LogP contribution in [0.15, 0.2) is 11.6 Å². The zero-order valence-corrected chi connectivity index (χ0v) is 5.73. The topological polar surface area (TPSA) is 120 Å². The number of hydrogen-bond acceptors (Lipinski definition) is 6. The quantitative estimate of drug-likeness (QED) is 0.393.